The Labute approximate surface area is 112 Å². The van der Waals surface area contributed by atoms with Gasteiger partial charge < -0.3 is 10.5 Å². The SMILES string of the molecule is CCOC(C)(C)C(N)c1cccc(CC(C)C)c1. The highest BCUT2D eigenvalue weighted by molar-refractivity contribution is 5.27. The minimum atomic E-state index is -0.328. The summed E-state index contributed by atoms with van der Waals surface area (Å²) >= 11 is 0. The Bertz CT molecular complexity index is 371. The molecule has 0 aliphatic rings. The average molecular weight is 249 g/mol. The summed E-state index contributed by atoms with van der Waals surface area (Å²) in [7, 11) is 0. The van der Waals surface area contributed by atoms with Crippen molar-refractivity contribution in [2.45, 2.75) is 52.7 Å². The fourth-order valence-corrected chi connectivity index (χ4v) is 2.25. The van der Waals surface area contributed by atoms with Crippen molar-refractivity contribution in [2.24, 2.45) is 11.7 Å². The van der Waals surface area contributed by atoms with Crippen LogP contribution in [-0.4, -0.2) is 12.2 Å². The zero-order chi connectivity index (χ0) is 13.8. The summed E-state index contributed by atoms with van der Waals surface area (Å²) in [5.41, 5.74) is 8.52. The second-order valence-electron chi connectivity index (χ2n) is 5.86. The lowest BCUT2D eigenvalue weighted by molar-refractivity contribution is -0.0298. The molecule has 0 bridgehead atoms. The summed E-state index contributed by atoms with van der Waals surface area (Å²) in [5.74, 6) is 0.663. The molecule has 1 aromatic carbocycles. The Hall–Kier alpha value is -0.860. The van der Waals surface area contributed by atoms with Crippen molar-refractivity contribution in [3.05, 3.63) is 35.4 Å². The van der Waals surface area contributed by atoms with Gasteiger partial charge in [-0.1, -0.05) is 38.1 Å². The zero-order valence-electron chi connectivity index (χ0n) is 12.4. The van der Waals surface area contributed by atoms with Gasteiger partial charge >= 0.3 is 0 Å². The van der Waals surface area contributed by atoms with Crippen LogP contribution in [0.5, 0.6) is 0 Å². The normalized spacial score (nSPS) is 13.9. The third-order valence-electron chi connectivity index (χ3n) is 3.22. The Balaban J connectivity index is 2.88. The van der Waals surface area contributed by atoms with E-state index in [-0.39, 0.29) is 11.6 Å². The fourth-order valence-electron chi connectivity index (χ4n) is 2.25. The predicted octanol–water partition coefficient (Wildman–Crippen LogP) is 3.70. The third-order valence-corrected chi connectivity index (χ3v) is 3.22. The highest BCUT2D eigenvalue weighted by Gasteiger charge is 2.28. The van der Waals surface area contributed by atoms with Gasteiger partial charge in [-0.2, -0.15) is 0 Å². The van der Waals surface area contributed by atoms with Gasteiger partial charge in [-0.25, -0.2) is 0 Å². The van der Waals surface area contributed by atoms with E-state index in [1.165, 1.54) is 5.56 Å². The molecule has 0 radical (unpaired) electrons. The molecule has 102 valence electrons. The van der Waals surface area contributed by atoms with E-state index in [9.17, 15) is 0 Å². The van der Waals surface area contributed by atoms with Crippen LogP contribution in [0.3, 0.4) is 0 Å². The number of hydrogen-bond donors (Lipinski definition) is 1. The quantitative estimate of drug-likeness (QED) is 0.834. The van der Waals surface area contributed by atoms with Gasteiger partial charge in [0.2, 0.25) is 0 Å². The molecule has 0 spiro atoms. The summed E-state index contributed by atoms with van der Waals surface area (Å²) < 4.78 is 5.74. The molecule has 0 aliphatic heterocycles. The highest BCUT2D eigenvalue weighted by atomic mass is 16.5. The van der Waals surface area contributed by atoms with Gasteiger partial charge in [0.15, 0.2) is 0 Å². The van der Waals surface area contributed by atoms with Gasteiger partial charge in [-0.15, -0.1) is 0 Å². The first-order valence-corrected chi connectivity index (χ1v) is 6.85. The van der Waals surface area contributed by atoms with E-state index in [1.54, 1.807) is 0 Å². The lowest BCUT2D eigenvalue weighted by atomic mass is 9.90. The molecule has 0 aromatic heterocycles. The van der Waals surface area contributed by atoms with Crippen LogP contribution in [0.2, 0.25) is 0 Å². The van der Waals surface area contributed by atoms with Gasteiger partial charge in [0.25, 0.3) is 0 Å². The summed E-state index contributed by atoms with van der Waals surface area (Å²) in [6.45, 7) is 11.3. The van der Waals surface area contributed by atoms with Crippen molar-refractivity contribution in [1.29, 1.82) is 0 Å². The first-order chi connectivity index (χ1) is 8.36. The highest BCUT2D eigenvalue weighted by Crippen LogP contribution is 2.27. The van der Waals surface area contributed by atoms with Crippen molar-refractivity contribution >= 4 is 0 Å². The van der Waals surface area contributed by atoms with E-state index < -0.39 is 0 Å². The second kappa shape index (κ2) is 6.35. The molecule has 2 nitrogen and oxygen atoms in total. The molecule has 1 aromatic rings. The average Bonchev–Trinajstić information content (AvgIpc) is 2.27. The van der Waals surface area contributed by atoms with Crippen LogP contribution >= 0.6 is 0 Å². The van der Waals surface area contributed by atoms with E-state index in [0.717, 1.165) is 12.0 Å². The largest absolute Gasteiger partial charge is 0.374 e. The minimum Gasteiger partial charge on any atom is -0.374 e. The maximum Gasteiger partial charge on any atom is 0.0818 e. The smallest absolute Gasteiger partial charge is 0.0818 e. The molecule has 18 heavy (non-hydrogen) atoms. The van der Waals surface area contributed by atoms with Crippen LogP contribution < -0.4 is 5.73 Å². The van der Waals surface area contributed by atoms with Gasteiger partial charge in [0.1, 0.15) is 0 Å². The van der Waals surface area contributed by atoms with Crippen molar-refractivity contribution in [3.8, 4) is 0 Å². The third kappa shape index (κ3) is 4.11. The van der Waals surface area contributed by atoms with E-state index in [0.29, 0.717) is 12.5 Å². The predicted molar refractivity (Wildman–Crippen MR) is 77.6 cm³/mol. The van der Waals surface area contributed by atoms with Gasteiger partial charge in [0, 0.05) is 6.61 Å². The number of hydrogen-bond acceptors (Lipinski definition) is 2. The van der Waals surface area contributed by atoms with Crippen LogP contribution in [0.15, 0.2) is 24.3 Å². The molecule has 0 fully saturated rings. The van der Waals surface area contributed by atoms with Crippen LogP contribution in [-0.2, 0) is 11.2 Å². The van der Waals surface area contributed by atoms with Crippen molar-refractivity contribution in [2.75, 3.05) is 6.61 Å². The first-order valence-electron chi connectivity index (χ1n) is 6.85. The lowest BCUT2D eigenvalue weighted by Gasteiger charge is -2.32. The lowest BCUT2D eigenvalue weighted by Crippen LogP contribution is -2.38. The van der Waals surface area contributed by atoms with Crippen molar-refractivity contribution < 1.29 is 4.74 Å². The number of benzene rings is 1. The summed E-state index contributed by atoms with van der Waals surface area (Å²) in [5, 5.41) is 0. The molecule has 0 saturated carbocycles. The molecular weight excluding hydrogens is 222 g/mol. The van der Waals surface area contributed by atoms with Gasteiger partial charge in [-0.05, 0) is 44.2 Å². The maximum atomic E-state index is 6.33. The van der Waals surface area contributed by atoms with Crippen LogP contribution in [0.25, 0.3) is 0 Å². The number of ether oxygens (including phenoxy) is 1. The van der Waals surface area contributed by atoms with Gasteiger partial charge in [0.05, 0.1) is 11.6 Å². The molecule has 1 rings (SSSR count). The Morgan fingerprint density at radius 2 is 1.94 bits per heavy atom. The summed E-state index contributed by atoms with van der Waals surface area (Å²) in [6.07, 6.45) is 1.09. The van der Waals surface area contributed by atoms with E-state index in [4.69, 9.17) is 10.5 Å². The van der Waals surface area contributed by atoms with Crippen LogP contribution in [0.1, 0.15) is 51.8 Å². The molecule has 0 saturated heterocycles. The Morgan fingerprint density at radius 1 is 1.28 bits per heavy atom. The summed E-state index contributed by atoms with van der Waals surface area (Å²) in [6, 6.07) is 8.48. The van der Waals surface area contributed by atoms with Gasteiger partial charge in [-0.3, -0.25) is 0 Å². The van der Waals surface area contributed by atoms with Crippen LogP contribution in [0.4, 0.5) is 0 Å². The van der Waals surface area contributed by atoms with E-state index in [1.807, 2.05) is 6.92 Å². The standard InChI is InChI=1S/C16H27NO/c1-6-18-16(4,5)15(17)14-9-7-8-13(11-14)10-12(2)3/h7-9,11-12,15H,6,10,17H2,1-5H3. The molecular formula is C16H27NO. The molecule has 0 aliphatic carbocycles. The maximum absolute atomic E-state index is 6.33. The fraction of sp³-hybridized carbons (Fsp3) is 0.625. The minimum absolute atomic E-state index is 0.0930. The van der Waals surface area contributed by atoms with Crippen LogP contribution in [0, 0.1) is 5.92 Å². The Morgan fingerprint density at radius 3 is 2.50 bits per heavy atom. The molecule has 0 amide bonds. The number of rotatable bonds is 6. The summed E-state index contributed by atoms with van der Waals surface area (Å²) in [4.78, 5) is 0. The van der Waals surface area contributed by atoms with E-state index >= 15 is 0 Å². The molecule has 1 unspecified atom stereocenters. The topological polar surface area (TPSA) is 35.2 Å². The molecule has 2 heteroatoms. The first kappa shape index (κ1) is 15.2. The zero-order valence-corrected chi connectivity index (χ0v) is 12.4. The number of nitrogens with two attached hydrogens (primary N) is 1. The van der Waals surface area contributed by atoms with Crippen molar-refractivity contribution in [1.82, 2.24) is 0 Å². The monoisotopic (exact) mass is 249 g/mol. The van der Waals surface area contributed by atoms with E-state index in [2.05, 4.69) is 52.0 Å². The second-order valence-corrected chi connectivity index (χ2v) is 5.86. The molecule has 1 atom stereocenters. The molecule has 2 N–H and O–H groups in total. The van der Waals surface area contributed by atoms with Crippen molar-refractivity contribution in [3.63, 3.8) is 0 Å². The molecule has 0 heterocycles. The Kier molecular flexibility index (Phi) is 5.36.